The van der Waals surface area contributed by atoms with Gasteiger partial charge in [-0.1, -0.05) is 68.4 Å². The first-order chi connectivity index (χ1) is 17.4. The summed E-state index contributed by atoms with van der Waals surface area (Å²) in [6.45, 7) is 6.78. The van der Waals surface area contributed by atoms with E-state index in [2.05, 4.69) is 5.32 Å². The standard InChI is InChI=1S/C30H36N2O4/c1-22(2)19-31-30(34)28(18-24-11-6-5-7-12-24)32(20-25-13-9-8-10-23(25)3)29(33)21-36-27-16-14-26(35-4)15-17-27/h5-17,22,28H,18-21H2,1-4H3,(H,31,34). The van der Waals surface area contributed by atoms with Gasteiger partial charge in [0.1, 0.15) is 17.5 Å². The first-order valence-corrected chi connectivity index (χ1v) is 12.3. The molecule has 2 amide bonds. The summed E-state index contributed by atoms with van der Waals surface area (Å²) in [6, 6.07) is 24.1. The molecule has 36 heavy (non-hydrogen) atoms. The molecular formula is C30H36N2O4. The number of carbonyl (C=O) groups excluding carboxylic acids is 2. The number of aryl methyl sites for hydroxylation is 1. The van der Waals surface area contributed by atoms with Crippen LogP contribution in [0.5, 0.6) is 11.5 Å². The molecule has 0 aliphatic rings. The minimum atomic E-state index is -0.683. The van der Waals surface area contributed by atoms with Crippen LogP contribution in [-0.2, 0) is 22.6 Å². The lowest BCUT2D eigenvalue weighted by molar-refractivity contribution is -0.142. The summed E-state index contributed by atoms with van der Waals surface area (Å²) in [5.41, 5.74) is 3.04. The number of rotatable bonds is 12. The molecule has 0 bridgehead atoms. The Labute approximate surface area is 214 Å². The Bertz CT molecular complexity index is 1110. The predicted octanol–water partition coefficient (Wildman–Crippen LogP) is 4.79. The second kappa shape index (κ2) is 13.3. The fraction of sp³-hybridized carbons (Fsp3) is 0.333. The van der Waals surface area contributed by atoms with Gasteiger partial charge in [0.15, 0.2) is 6.61 Å². The van der Waals surface area contributed by atoms with Crippen molar-refractivity contribution in [2.45, 2.75) is 39.8 Å². The minimum absolute atomic E-state index is 0.168. The molecule has 3 aromatic rings. The quantitative estimate of drug-likeness (QED) is 0.398. The number of nitrogens with zero attached hydrogens (tertiary/aromatic N) is 1. The zero-order valence-corrected chi connectivity index (χ0v) is 21.6. The maximum atomic E-state index is 13.6. The summed E-state index contributed by atoms with van der Waals surface area (Å²) < 4.78 is 11.0. The second-order valence-corrected chi connectivity index (χ2v) is 9.26. The summed E-state index contributed by atoms with van der Waals surface area (Å²) in [4.78, 5) is 28.7. The number of carbonyl (C=O) groups is 2. The number of amides is 2. The Morgan fingerprint density at radius 2 is 1.53 bits per heavy atom. The third-order valence-corrected chi connectivity index (χ3v) is 5.98. The molecule has 1 unspecified atom stereocenters. The van der Waals surface area contributed by atoms with Crippen molar-refractivity contribution in [3.8, 4) is 11.5 Å². The van der Waals surface area contributed by atoms with Crippen LogP contribution >= 0.6 is 0 Å². The topological polar surface area (TPSA) is 67.9 Å². The van der Waals surface area contributed by atoms with E-state index in [9.17, 15) is 9.59 Å². The molecule has 0 radical (unpaired) electrons. The molecule has 1 N–H and O–H groups in total. The van der Waals surface area contributed by atoms with E-state index >= 15 is 0 Å². The summed E-state index contributed by atoms with van der Waals surface area (Å²) >= 11 is 0. The normalized spacial score (nSPS) is 11.6. The van der Waals surface area contributed by atoms with E-state index in [1.165, 1.54) is 0 Å². The van der Waals surface area contributed by atoms with Crippen LogP contribution in [0.4, 0.5) is 0 Å². The van der Waals surface area contributed by atoms with Crippen molar-refractivity contribution in [2.75, 3.05) is 20.3 Å². The minimum Gasteiger partial charge on any atom is -0.497 e. The van der Waals surface area contributed by atoms with Gasteiger partial charge in [0.2, 0.25) is 5.91 Å². The lowest BCUT2D eigenvalue weighted by atomic mass is 10.0. The molecule has 0 heterocycles. The molecule has 0 saturated carbocycles. The van der Waals surface area contributed by atoms with E-state index in [0.29, 0.717) is 36.9 Å². The summed E-state index contributed by atoms with van der Waals surface area (Å²) in [6.07, 6.45) is 0.408. The molecule has 3 rings (SSSR count). The average Bonchev–Trinajstić information content (AvgIpc) is 2.89. The largest absolute Gasteiger partial charge is 0.497 e. The summed E-state index contributed by atoms with van der Waals surface area (Å²) in [5.74, 6) is 1.14. The lowest BCUT2D eigenvalue weighted by Crippen LogP contribution is -2.52. The van der Waals surface area contributed by atoms with Crippen molar-refractivity contribution >= 4 is 11.8 Å². The van der Waals surface area contributed by atoms with Gasteiger partial charge in [-0.15, -0.1) is 0 Å². The highest BCUT2D eigenvalue weighted by molar-refractivity contribution is 5.88. The number of methoxy groups -OCH3 is 1. The van der Waals surface area contributed by atoms with E-state index in [0.717, 1.165) is 16.7 Å². The molecule has 0 aliphatic heterocycles. The van der Waals surface area contributed by atoms with Crippen molar-refractivity contribution in [2.24, 2.45) is 5.92 Å². The van der Waals surface area contributed by atoms with Crippen LogP contribution in [0.25, 0.3) is 0 Å². The molecule has 0 saturated heterocycles. The van der Waals surface area contributed by atoms with Crippen LogP contribution < -0.4 is 14.8 Å². The lowest BCUT2D eigenvalue weighted by Gasteiger charge is -2.32. The number of hydrogen-bond donors (Lipinski definition) is 1. The Morgan fingerprint density at radius 1 is 0.889 bits per heavy atom. The summed E-state index contributed by atoms with van der Waals surface area (Å²) in [5, 5.41) is 3.04. The van der Waals surface area contributed by atoms with Gasteiger partial charge in [0, 0.05) is 19.5 Å². The number of benzene rings is 3. The van der Waals surface area contributed by atoms with E-state index < -0.39 is 6.04 Å². The SMILES string of the molecule is COc1ccc(OCC(=O)N(Cc2ccccc2C)C(Cc2ccccc2)C(=O)NCC(C)C)cc1. The number of nitrogens with one attached hydrogen (secondary N) is 1. The third-order valence-electron chi connectivity index (χ3n) is 5.98. The molecule has 0 spiro atoms. The van der Waals surface area contributed by atoms with E-state index in [4.69, 9.17) is 9.47 Å². The van der Waals surface area contributed by atoms with Crippen LogP contribution in [0.2, 0.25) is 0 Å². The summed E-state index contributed by atoms with van der Waals surface area (Å²) in [7, 11) is 1.60. The fourth-order valence-electron chi connectivity index (χ4n) is 3.85. The van der Waals surface area contributed by atoms with Gasteiger partial charge in [0.25, 0.3) is 5.91 Å². The maximum absolute atomic E-state index is 13.6. The Hall–Kier alpha value is -3.80. The van der Waals surface area contributed by atoms with Crippen molar-refractivity contribution in [3.63, 3.8) is 0 Å². The number of hydrogen-bond acceptors (Lipinski definition) is 4. The van der Waals surface area contributed by atoms with Crippen molar-refractivity contribution in [1.82, 2.24) is 10.2 Å². The smallest absolute Gasteiger partial charge is 0.261 e. The first kappa shape index (κ1) is 26.8. The van der Waals surface area contributed by atoms with Gasteiger partial charge < -0.3 is 19.7 Å². The van der Waals surface area contributed by atoms with Gasteiger partial charge >= 0.3 is 0 Å². The first-order valence-electron chi connectivity index (χ1n) is 12.3. The molecule has 3 aromatic carbocycles. The predicted molar refractivity (Wildman–Crippen MR) is 142 cm³/mol. The number of ether oxygens (including phenoxy) is 2. The highest BCUT2D eigenvalue weighted by atomic mass is 16.5. The van der Waals surface area contributed by atoms with Crippen LogP contribution in [0.15, 0.2) is 78.9 Å². The molecule has 6 heteroatoms. The Kier molecular flexibility index (Phi) is 9.92. The molecule has 0 aliphatic carbocycles. The van der Waals surface area contributed by atoms with Gasteiger partial charge in [-0.2, -0.15) is 0 Å². The van der Waals surface area contributed by atoms with E-state index in [1.54, 1.807) is 36.3 Å². The molecule has 6 nitrogen and oxygen atoms in total. The van der Waals surface area contributed by atoms with Crippen LogP contribution in [-0.4, -0.2) is 43.0 Å². The highest BCUT2D eigenvalue weighted by Crippen LogP contribution is 2.20. The van der Waals surface area contributed by atoms with E-state index in [1.807, 2.05) is 75.4 Å². The zero-order chi connectivity index (χ0) is 25.9. The fourth-order valence-corrected chi connectivity index (χ4v) is 3.85. The van der Waals surface area contributed by atoms with E-state index in [-0.39, 0.29) is 18.4 Å². The van der Waals surface area contributed by atoms with Crippen LogP contribution in [0, 0.1) is 12.8 Å². The van der Waals surface area contributed by atoms with Crippen molar-refractivity contribution in [3.05, 3.63) is 95.6 Å². The molecule has 0 aromatic heterocycles. The zero-order valence-electron chi connectivity index (χ0n) is 21.6. The second-order valence-electron chi connectivity index (χ2n) is 9.26. The van der Waals surface area contributed by atoms with Crippen LogP contribution in [0.1, 0.15) is 30.5 Å². The van der Waals surface area contributed by atoms with Gasteiger partial charge in [-0.3, -0.25) is 9.59 Å². The monoisotopic (exact) mass is 488 g/mol. The van der Waals surface area contributed by atoms with Gasteiger partial charge in [0.05, 0.1) is 7.11 Å². The third kappa shape index (κ3) is 7.87. The van der Waals surface area contributed by atoms with Crippen LogP contribution in [0.3, 0.4) is 0 Å². The molecule has 1 atom stereocenters. The average molecular weight is 489 g/mol. The molecular weight excluding hydrogens is 452 g/mol. The maximum Gasteiger partial charge on any atom is 0.261 e. The van der Waals surface area contributed by atoms with Crippen molar-refractivity contribution < 1.29 is 19.1 Å². The Morgan fingerprint density at radius 3 is 2.17 bits per heavy atom. The van der Waals surface area contributed by atoms with Crippen molar-refractivity contribution in [1.29, 1.82) is 0 Å². The molecule has 190 valence electrons. The molecule has 0 fully saturated rings. The Balaban J connectivity index is 1.89. The van der Waals surface area contributed by atoms with Gasteiger partial charge in [-0.05, 0) is 53.8 Å². The van der Waals surface area contributed by atoms with Gasteiger partial charge in [-0.25, -0.2) is 0 Å². The highest BCUT2D eigenvalue weighted by Gasteiger charge is 2.31.